The Morgan fingerprint density at radius 3 is 2.82 bits per heavy atom. The van der Waals surface area contributed by atoms with Gasteiger partial charge in [0.25, 0.3) is 0 Å². The van der Waals surface area contributed by atoms with E-state index in [4.69, 9.17) is 10.5 Å². The molecule has 0 atom stereocenters. The summed E-state index contributed by atoms with van der Waals surface area (Å²) < 4.78 is 5.33. The molecule has 0 spiro atoms. The summed E-state index contributed by atoms with van der Waals surface area (Å²) >= 11 is 1.69. The van der Waals surface area contributed by atoms with Gasteiger partial charge in [0, 0.05) is 23.7 Å². The topological polar surface area (TPSA) is 38.5 Å². The quantitative estimate of drug-likeness (QED) is 0.660. The number of nitrogens with zero attached hydrogens (tertiary/aromatic N) is 1. The molecule has 1 heterocycles. The minimum Gasteiger partial charge on any atom is -0.399 e. The molecule has 17 heavy (non-hydrogen) atoms. The fraction of sp³-hybridized carbons (Fsp3) is 0.385. The van der Waals surface area contributed by atoms with Crippen LogP contribution in [-0.4, -0.2) is 31.2 Å². The Bertz CT molecular complexity index is 414. The van der Waals surface area contributed by atoms with E-state index in [-0.39, 0.29) is 0 Å². The van der Waals surface area contributed by atoms with E-state index in [1.54, 1.807) is 11.8 Å². The van der Waals surface area contributed by atoms with Gasteiger partial charge in [-0.3, -0.25) is 0 Å². The monoisotopic (exact) mass is 250 g/mol. The van der Waals surface area contributed by atoms with Crippen molar-refractivity contribution in [3.63, 3.8) is 0 Å². The molecule has 92 valence electrons. The molecule has 1 fully saturated rings. The Balaban J connectivity index is 2.04. The minimum atomic E-state index is 0.787. The first-order chi connectivity index (χ1) is 8.16. The maximum absolute atomic E-state index is 5.81. The lowest BCUT2D eigenvalue weighted by Crippen LogP contribution is -2.34. The van der Waals surface area contributed by atoms with Gasteiger partial charge in [0.2, 0.25) is 0 Å². The van der Waals surface area contributed by atoms with Gasteiger partial charge in [-0.1, -0.05) is 24.4 Å². The highest BCUT2D eigenvalue weighted by atomic mass is 32.2. The number of hydrogen-bond acceptors (Lipinski definition) is 4. The summed E-state index contributed by atoms with van der Waals surface area (Å²) in [6.45, 7) is 9.65. The van der Waals surface area contributed by atoms with Crippen molar-refractivity contribution < 1.29 is 4.74 Å². The molecule has 0 aliphatic carbocycles. The SMILES string of the molecule is C=C(Sc1cc(N)ccc1C)N1CCOCC1. The fourth-order valence-electron chi connectivity index (χ4n) is 1.73. The van der Waals surface area contributed by atoms with Gasteiger partial charge < -0.3 is 15.4 Å². The fourth-order valence-corrected chi connectivity index (χ4v) is 2.72. The number of morpholine rings is 1. The van der Waals surface area contributed by atoms with E-state index in [1.807, 2.05) is 18.2 Å². The second kappa shape index (κ2) is 5.47. The zero-order chi connectivity index (χ0) is 12.3. The van der Waals surface area contributed by atoms with Crippen LogP contribution in [0.1, 0.15) is 5.56 Å². The van der Waals surface area contributed by atoms with Crippen LogP contribution in [0.4, 0.5) is 5.69 Å². The van der Waals surface area contributed by atoms with Gasteiger partial charge in [-0.25, -0.2) is 0 Å². The molecule has 0 aromatic heterocycles. The molecular formula is C13H18N2OS. The van der Waals surface area contributed by atoms with Crippen LogP contribution in [0.25, 0.3) is 0 Å². The van der Waals surface area contributed by atoms with Crippen LogP contribution in [-0.2, 0) is 4.74 Å². The lowest BCUT2D eigenvalue weighted by Gasteiger charge is -2.30. The van der Waals surface area contributed by atoms with Crippen LogP contribution in [0, 0.1) is 6.92 Å². The van der Waals surface area contributed by atoms with E-state index < -0.39 is 0 Å². The molecule has 0 unspecified atom stereocenters. The summed E-state index contributed by atoms with van der Waals surface area (Å²) in [6, 6.07) is 5.98. The molecule has 1 aromatic rings. The van der Waals surface area contributed by atoms with E-state index in [9.17, 15) is 0 Å². The number of nitrogens with two attached hydrogens (primary N) is 1. The van der Waals surface area contributed by atoms with Gasteiger partial charge in [-0.2, -0.15) is 0 Å². The summed E-state index contributed by atoms with van der Waals surface area (Å²) in [7, 11) is 0. The van der Waals surface area contributed by atoms with Crippen LogP contribution >= 0.6 is 11.8 Å². The third-order valence-electron chi connectivity index (χ3n) is 2.80. The second-order valence-corrected chi connectivity index (χ2v) is 5.24. The standard InChI is InChI=1S/C13H18N2OS/c1-10-3-4-12(14)9-13(10)17-11(2)15-5-7-16-8-6-15/h3-4,9H,2,5-8,14H2,1H3. The molecule has 0 bridgehead atoms. The van der Waals surface area contributed by atoms with E-state index in [2.05, 4.69) is 18.4 Å². The first-order valence-corrected chi connectivity index (χ1v) is 6.54. The molecule has 1 aliphatic heterocycles. The van der Waals surface area contributed by atoms with Crippen LogP contribution in [0.15, 0.2) is 34.7 Å². The summed E-state index contributed by atoms with van der Waals surface area (Å²) in [5, 5.41) is 1.07. The maximum Gasteiger partial charge on any atom is 0.0684 e. The number of anilines is 1. The van der Waals surface area contributed by atoms with Crippen molar-refractivity contribution in [2.45, 2.75) is 11.8 Å². The lowest BCUT2D eigenvalue weighted by molar-refractivity contribution is 0.0578. The molecule has 0 amide bonds. The van der Waals surface area contributed by atoms with Crippen molar-refractivity contribution >= 4 is 17.4 Å². The van der Waals surface area contributed by atoms with Gasteiger partial charge >= 0.3 is 0 Å². The van der Waals surface area contributed by atoms with Gasteiger partial charge in [0.05, 0.1) is 18.2 Å². The van der Waals surface area contributed by atoms with E-state index >= 15 is 0 Å². The molecule has 2 rings (SSSR count). The zero-order valence-corrected chi connectivity index (χ0v) is 10.9. The van der Waals surface area contributed by atoms with Crippen molar-refractivity contribution in [2.75, 3.05) is 32.0 Å². The summed E-state index contributed by atoms with van der Waals surface area (Å²) in [5.41, 5.74) is 7.84. The number of benzene rings is 1. The Hall–Kier alpha value is -1.13. The van der Waals surface area contributed by atoms with Gasteiger partial charge in [-0.15, -0.1) is 0 Å². The number of rotatable bonds is 3. The van der Waals surface area contributed by atoms with Gasteiger partial charge in [0.15, 0.2) is 0 Å². The minimum absolute atomic E-state index is 0.787. The lowest BCUT2D eigenvalue weighted by atomic mass is 10.2. The Kier molecular flexibility index (Phi) is 3.97. The molecule has 1 saturated heterocycles. The van der Waals surface area contributed by atoms with Crippen LogP contribution in [0.3, 0.4) is 0 Å². The molecular weight excluding hydrogens is 232 g/mol. The molecule has 3 nitrogen and oxygen atoms in total. The highest BCUT2D eigenvalue weighted by Crippen LogP contribution is 2.32. The molecule has 0 saturated carbocycles. The third-order valence-corrected chi connectivity index (χ3v) is 3.96. The van der Waals surface area contributed by atoms with Crippen LogP contribution in [0.2, 0.25) is 0 Å². The normalized spacial score (nSPS) is 15.9. The number of aryl methyl sites for hydroxylation is 1. The van der Waals surface area contributed by atoms with Gasteiger partial charge in [0.1, 0.15) is 0 Å². The van der Waals surface area contributed by atoms with Crippen LogP contribution < -0.4 is 5.73 Å². The second-order valence-electron chi connectivity index (χ2n) is 4.12. The molecule has 1 aromatic carbocycles. The zero-order valence-electron chi connectivity index (χ0n) is 10.1. The van der Waals surface area contributed by atoms with Gasteiger partial charge in [-0.05, 0) is 24.6 Å². The van der Waals surface area contributed by atoms with Crippen molar-refractivity contribution in [1.82, 2.24) is 4.90 Å². The highest BCUT2D eigenvalue weighted by Gasteiger charge is 2.13. The van der Waals surface area contributed by atoms with Crippen molar-refractivity contribution in [3.8, 4) is 0 Å². The average Bonchev–Trinajstić information content (AvgIpc) is 2.35. The first kappa shape index (κ1) is 12.3. The molecule has 1 aliphatic rings. The maximum atomic E-state index is 5.81. The summed E-state index contributed by atoms with van der Waals surface area (Å²) in [4.78, 5) is 3.44. The largest absolute Gasteiger partial charge is 0.399 e. The predicted molar refractivity (Wildman–Crippen MR) is 73.0 cm³/mol. The first-order valence-electron chi connectivity index (χ1n) is 5.72. The smallest absolute Gasteiger partial charge is 0.0684 e. The Morgan fingerprint density at radius 1 is 1.41 bits per heavy atom. The van der Waals surface area contributed by atoms with E-state index in [1.165, 1.54) is 10.5 Å². The number of thioether (sulfide) groups is 1. The molecule has 2 N–H and O–H groups in total. The number of ether oxygens (including phenoxy) is 1. The van der Waals surface area contributed by atoms with Crippen molar-refractivity contribution in [2.24, 2.45) is 0 Å². The number of hydrogen-bond donors (Lipinski definition) is 1. The van der Waals surface area contributed by atoms with Crippen LogP contribution in [0.5, 0.6) is 0 Å². The molecule has 4 heteroatoms. The molecule has 0 radical (unpaired) electrons. The van der Waals surface area contributed by atoms with Crippen molar-refractivity contribution in [3.05, 3.63) is 35.4 Å². The number of nitrogen functional groups attached to an aromatic ring is 1. The van der Waals surface area contributed by atoms with Crippen molar-refractivity contribution in [1.29, 1.82) is 0 Å². The Morgan fingerprint density at radius 2 is 2.12 bits per heavy atom. The highest BCUT2D eigenvalue weighted by molar-refractivity contribution is 8.03. The summed E-state index contributed by atoms with van der Waals surface area (Å²) in [5.74, 6) is 0. The van der Waals surface area contributed by atoms with E-state index in [0.717, 1.165) is 37.0 Å². The summed E-state index contributed by atoms with van der Waals surface area (Å²) in [6.07, 6.45) is 0. The third kappa shape index (κ3) is 3.17. The predicted octanol–water partition coefficient (Wildman–Crippen LogP) is 2.47. The average molecular weight is 250 g/mol. The van der Waals surface area contributed by atoms with E-state index in [0.29, 0.717) is 0 Å². The Labute approximate surface area is 107 Å².